The number of nitrogens with one attached hydrogen (secondary N) is 1. The topological polar surface area (TPSA) is 130 Å². The third-order valence-electron chi connectivity index (χ3n) is 7.56. The van der Waals surface area contributed by atoms with Crippen LogP contribution in [0.3, 0.4) is 0 Å². The van der Waals surface area contributed by atoms with Gasteiger partial charge in [0.25, 0.3) is 5.56 Å². The highest BCUT2D eigenvalue weighted by molar-refractivity contribution is 7.89. The molecule has 10 nitrogen and oxygen atoms in total. The minimum absolute atomic E-state index is 0.0690. The summed E-state index contributed by atoms with van der Waals surface area (Å²) in [7, 11) is -3.77. The molecule has 37 heavy (non-hydrogen) atoms. The molecule has 0 radical (unpaired) electrons. The fourth-order valence-corrected chi connectivity index (χ4v) is 6.93. The molecule has 2 fully saturated rings. The van der Waals surface area contributed by atoms with Gasteiger partial charge in [-0.05, 0) is 63.1 Å². The van der Waals surface area contributed by atoms with Crippen LogP contribution in [0.4, 0.5) is 0 Å². The number of aromatic amines is 1. The molecule has 0 unspecified atom stereocenters. The van der Waals surface area contributed by atoms with Gasteiger partial charge in [0, 0.05) is 25.6 Å². The maximum atomic E-state index is 13.5. The zero-order valence-corrected chi connectivity index (χ0v) is 22.3. The van der Waals surface area contributed by atoms with Crippen LogP contribution in [0.5, 0.6) is 5.75 Å². The molecule has 0 bridgehead atoms. The Bertz CT molecular complexity index is 1430. The Hall–Kier alpha value is -2.76. The maximum Gasteiger partial charge on any atom is 0.277 e. The van der Waals surface area contributed by atoms with Gasteiger partial charge in [-0.1, -0.05) is 19.8 Å². The number of hydrogen-bond donors (Lipinski definition) is 2. The zero-order valence-electron chi connectivity index (χ0n) is 21.4. The Morgan fingerprint density at radius 1 is 1.16 bits per heavy atom. The fraction of sp³-hybridized carbons (Fsp3) is 0.577. The fourth-order valence-electron chi connectivity index (χ4n) is 5.44. The number of aromatic nitrogens is 4. The smallest absolute Gasteiger partial charge is 0.277 e. The molecule has 1 aromatic carbocycles. The van der Waals surface area contributed by atoms with Gasteiger partial charge < -0.3 is 14.8 Å². The van der Waals surface area contributed by atoms with E-state index in [1.807, 2.05) is 13.8 Å². The molecule has 11 heteroatoms. The molecule has 2 aliphatic rings. The summed E-state index contributed by atoms with van der Waals surface area (Å²) < 4.78 is 36.1. The number of piperidine rings is 1. The van der Waals surface area contributed by atoms with Gasteiger partial charge in [-0.15, -0.1) is 5.10 Å². The van der Waals surface area contributed by atoms with Crippen molar-refractivity contribution in [3.05, 3.63) is 40.1 Å². The van der Waals surface area contributed by atoms with E-state index in [-0.39, 0.29) is 34.7 Å². The van der Waals surface area contributed by atoms with Gasteiger partial charge in [-0.25, -0.2) is 17.9 Å². The molecular formula is C26H35N5O5S. The first-order valence-electron chi connectivity index (χ1n) is 13.2. The molecule has 0 atom stereocenters. The van der Waals surface area contributed by atoms with Gasteiger partial charge in [0.1, 0.15) is 11.6 Å². The van der Waals surface area contributed by atoms with E-state index in [0.29, 0.717) is 55.1 Å². The second kappa shape index (κ2) is 10.5. The number of aliphatic hydroxyl groups is 1. The molecule has 1 aliphatic heterocycles. The monoisotopic (exact) mass is 529 g/mol. The van der Waals surface area contributed by atoms with Crippen LogP contribution in [-0.4, -0.2) is 63.7 Å². The van der Waals surface area contributed by atoms with Crippen molar-refractivity contribution in [1.82, 2.24) is 23.9 Å². The first-order valence-corrected chi connectivity index (χ1v) is 14.6. The van der Waals surface area contributed by atoms with E-state index in [1.165, 1.54) is 4.31 Å². The molecule has 0 amide bonds. The quantitative estimate of drug-likeness (QED) is 0.458. The predicted molar refractivity (Wildman–Crippen MR) is 139 cm³/mol. The van der Waals surface area contributed by atoms with E-state index in [4.69, 9.17) is 14.8 Å². The summed E-state index contributed by atoms with van der Waals surface area (Å²) in [5.74, 6) is 1.86. The molecule has 1 saturated heterocycles. The Labute approximate surface area is 216 Å². The van der Waals surface area contributed by atoms with Gasteiger partial charge in [0.15, 0.2) is 11.3 Å². The number of benzene rings is 1. The van der Waals surface area contributed by atoms with Crippen LogP contribution in [0.25, 0.3) is 16.9 Å². The largest absolute Gasteiger partial charge is 0.493 e. The Morgan fingerprint density at radius 2 is 1.89 bits per heavy atom. The highest BCUT2D eigenvalue weighted by atomic mass is 32.2. The van der Waals surface area contributed by atoms with E-state index >= 15 is 0 Å². The van der Waals surface area contributed by atoms with Gasteiger partial charge in [-0.2, -0.15) is 4.31 Å². The van der Waals surface area contributed by atoms with Crippen molar-refractivity contribution in [3.8, 4) is 17.1 Å². The Kier molecular flexibility index (Phi) is 7.37. The number of nitrogens with zero attached hydrogens (tertiary/aromatic N) is 4. The van der Waals surface area contributed by atoms with Crippen molar-refractivity contribution in [2.75, 3.05) is 26.3 Å². The van der Waals surface area contributed by atoms with E-state index in [9.17, 15) is 18.3 Å². The summed E-state index contributed by atoms with van der Waals surface area (Å²) >= 11 is 0. The summed E-state index contributed by atoms with van der Waals surface area (Å²) in [6.45, 7) is 5.03. The van der Waals surface area contributed by atoms with Crippen molar-refractivity contribution in [2.45, 2.75) is 69.6 Å². The highest BCUT2D eigenvalue weighted by Crippen LogP contribution is 2.35. The summed E-state index contributed by atoms with van der Waals surface area (Å²) in [6.07, 6.45) is 6.28. The third-order valence-corrected chi connectivity index (χ3v) is 9.45. The minimum atomic E-state index is -3.77. The van der Waals surface area contributed by atoms with Crippen molar-refractivity contribution in [2.24, 2.45) is 5.92 Å². The molecule has 200 valence electrons. The first kappa shape index (κ1) is 25.9. The number of aliphatic hydroxyl groups excluding tert-OH is 1. The lowest BCUT2D eigenvalue weighted by molar-refractivity contribution is 0.170. The molecular weight excluding hydrogens is 494 g/mol. The molecule has 1 aliphatic carbocycles. The zero-order chi connectivity index (χ0) is 26.2. The number of rotatable bonds is 8. The van der Waals surface area contributed by atoms with Crippen molar-refractivity contribution in [1.29, 1.82) is 0 Å². The van der Waals surface area contributed by atoms with Crippen molar-refractivity contribution in [3.63, 3.8) is 0 Å². The number of imidazole rings is 1. The second-order valence-corrected chi connectivity index (χ2v) is 12.1. The highest BCUT2D eigenvalue weighted by Gasteiger charge is 2.31. The summed E-state index contributed by atoms with van der Waals surface area (Å²) in [6, 6.07) is 4.73. The second-order valence-electron chi connectivity index (χ2n) is 10.1. The summed E-state index contributed by atoms with van der Waals surface area (Å²) in [5, 5.41) is 14.2. The number of sulfonamides is 1. The van der Waals surface area contributed by atoms with Crippen molar-refractivity contribution >= 4 is 15.5 Å². The van der Waals surface area contributed by atoms with Gasteiger partial charge in [0.05, 0.1) is 22.8 Å². The molecule has 1 saturated carbocycles. The molecule has 2 aromatic heterocycles. The van der Waals surface area contributed by atoms with Crippen LogP contribution >= 0.6 is 0 Å². The maximum absolute atomic E-state index is 13.5. The average molecular weight is 530 g/mol. The van der Waals surface area contributed by atoms with Gasteiger partial charge in [0.2, 0.25) is 10.0 Å². The van der Waals surface area contributed by atoms with Crippen molar-refractivity contribution < 1.29 is 18.3 Å². The standard InChI is InChI=1S/C26H35N5O5S/c1-3-14-36-22-9-8-20(37(34,35)30-12-10-18(16-32)11-13-30)15-21(22)24-28-26(33)23-17(2)27-25(31(23)29-24)19-6-4-5-7-19/h8-9,15,18-19,32H,3-7,10-14,16H2,1-2H3,(H,28,29,33). The first-order chi connectivity index (χ1) is 17.8. The SMILES string of the molecule is CCCOc1ccc(S(=O)(=O)N2CCC(CO)CC2)cc1-c1nn2c(C3CCCC3)nc(C)c2c(=O)[nH]1. The third kappa shape index (κ3) is 4.92. The van der Waals surface area contributed by atoms with E-state index in [0.717, 1.165) is 37.9 Å². The van der Waals surface area contributed by atoms with Crippen LogP contribution in [0.1, 0.15) is 69.3 Å². The van der Waals surface area contributed by atoms with E-state index in [2.05, 4.69) is 4.98 Å². The number of hydrogen-bond acceptors (Lipinski definition) is 7. The van der Waals surface area contributed by atoms with Crippen LogP contribution in [0, 0.1) is 12.8 Å². The lowest BCUT2D eigenvalue weighted by Gasteiger charge is -2.30. The lowest BCUT2D eigenvalue weighted by atomic mass is 10.00. The molecule has 3 aromatic rings. The molecule has 0 spiro atoms. The van der Waals surface area contributed by atoms with E-state index < -0.39 is 10.0 Å². The number of ether oxygens (including phenoxy) is 1. The number of fused-ring (bicyclic) bond motifs is 1. The normalized spacial score (nSPS) is 18.1. The number of aryl methyl sites for hydroxylation is 1. The van der Waals surface area contributed by atoms with E-state index in [1.54, 1.807) is 22.7 Å². The van der Waals surface area contributed by atoms with Crippen LogP contribution < -0.4 is 10.3 Å². The Morgan fingerprint density at radius 3 is 2.57 bits per heavy atom. The molecule has 3 heterocycles. The Balaban J connectivity index is 1.60. The van der Waals surface area contributed by atoms with Crippen LogP contribution in [0.2, 0.25) is 0 Å². The van der Waals surface area contributed by atoms with Gasteiger partial charge in [-0.3, -0.25) is 4.79 Å². The van der Waals surface area contributed by atoms with Gasteiger partial charge >= 0.3 is 0 Å². The molecule has 5 rings (SSSR count). The molecule has 2 N–H and O–H groups in total. The lowest BCUT2D eigenvalue weighted by Crippen LogP contribution is -2.39. The summed E-state index contributed by atoms with van der Waals surface area (Å²) in [4.78, 5) is 20.9. The summed E-state index contributed by atoms with van der Waals surface area (Å²) in [5.41, 5.74) is 1.15. The average Bonchev–Trinajstić information content (AvgIpc) is 3.55. The number of H-pyrrole nitrogens is 1. The predicted octanol–water partition coefficient (Wildman–Crippen LogP) is 3.23. The van der Waals surface area contributed by atoms with Crippen LogP contribution in [0.15, 0.2) is 27.9 Å². The minimum Gasteiger partial charge on any atom is -0.493 e. The van der Waals surface area contributed by atoms with Crippen LogP contribution in [-0.2, 0) is 10.0 Å².